The first-order chi connectivity index (χ1) is 20.5. The molecule has 234 valence electrons. The Hall–Kier alpha value is -4.04. The van der Waals surface area contributed by atoms with Crippen LogP contribution in [-0.4, -0.2) is 97.8 Å². The number of nitrogens with one attached hydrogen (secondary N) is 2. The van der Waals surface area contributed by atoms with E-state index in [0.717, 1.165) is 11.6 Å². The Morgan fingerprint density at radius 1 is 1.21 bits per heavy atom. The van der Waals surface area contributed by atoms with Crippen molar-refractivity contribution in [2.75, 3.05) is 67.9 Å². The van der Waals surface area contributed by atoms with Crippen LogP contribution in [0.5, 0.6) is 5.75 Å². The summed E-state index contributed by atoms with van der Waals surface area (Å²) < 4.78 is 37.6. The number of likely N-dealkylation sites (N-methyl/N-ethyl adjacent to an activating group) is 2. The van der Waals surface area contributed by atoms with Crippen LogP contribution in [0.15, 0.2) is 31.0 Å². The zero-order chi connectivity index (χ0) is 31.3. The predicted octanol–water partition coefficient (Wildman–Crippen LogP) is 4.27. The Balaban J connectivity index is 1.75. The van der Waals surface area contributed by atoms with Gasteiger partial charge in [-0.3, -0.25) is 9.69 Å². The van der Waals surface area contributed by atoms with Crippen LogP contribution < -0.4 is 25.2 Å². The first kappa shape index (κ1) is 31.9. The van der Waals surface area contributed by atoms with Crippen molar-refractivity contribution in [3.05, 3.63) is 36.5 Å². The van der Waals surface area contributed by atoms with Crippen molar-refractivity contribution in [2.45, 2.75) is 51.9 Å². The second-order valence-electron chi connectivity index (χ2n) is 11.0. The lowest BCUT2D eigenvalue weighted by atomic mass is 10.0. The van der Waals surface area contributed by atoms with Gasteiger partial charge in [0.2, 0.25) is 11.9 Å². The molecular formula is C29H40F2N8O4. The normalized spacial score (nSPS) is 15.6. The van der Waals surface area contributed by atoms with Gasteiger partial charge in [-0.15, -0.1) is 0 Å². The molecule has 2 aliphatic heterocycles. The van der Waals surface area contributed by atoms with Gasteiger partial charge in [0.05, 0.1) is 23.6 Å². The topological polar surface area (TPSA) is 115 Å². The number of halogens is 2. The Bertz CT molecular complexity index is 1320. The number of carbonyl (C=O) groups is 2. The summed E-state index contributed by atoms with van der Waals surface area (Å²) in [5.41, 5.74) is 1.69. The molecule has 0 aliphatic carbocycles. The lowest BCUT2D eigenvalue weighted by Crippen LogP contribution is -2.55. The minimum atomic E-state index is -3.11. The molecule has 2 aliphatic rings. The number of carbonyl (C=O) groups excluding carboxylic acids is 2. The van der Waals surface area contributed by atoms with Gasteiger partial charge in [0.1, 0.15) is 5.82 Å². The average Bonchev–Trinajstić information content (AvgIpc) is 2.96. The molecule has 4 rings (SSSR count). The summed E-state index contributed by atoms with van der Waals surface area (Å²) >= 11 is 0. The first-order valence-corrected chi connectivity index (χ1v) is 14.2. The van der Waals surface area contributed by atoms with E-state index in [-0.39, 0.29) is 35.5 Å². The molecule has 12 nitrogen and oxygen atoms in total. The maximum Gasteiger partial charge on any atom is 0.387 e. The molecular weight excluding hydrogens is 562 g/mol. The molecule has 1 fully saturated rings. The lowest BCUT2D eigenvalue weighted by Gasteiger charge is -2.42. The number of nitrogens with zero attached hydrogens (tertiary/aromatic N) is 6. The Labute approximate surface area is 250 Å². The van der Waals surface area contributed by atoms with Crippen LogP contribution in [0.25, 0.3) is 0 Å². The summed E-state index contributed by atoms with van der Waals surface area (Å²) in [5.74, 6) is -0.0951. The van der Waals surface area contributed by atoms with Gasteiger partial charge in [0, 0.05) is 63.3 Å². The molecule has 0 spiro atoms. The zero-order valence-electron chi connectivity index (χ0n) is 25.3. The first-order valence-electron chi connectivity index (χ1n) is 14.2. The Kier molecular flexibility index (Phi) is 10.3. The van der Waals surface area contributed by atoms with Crippen molar-refractivity contribution >= 4 is 40.8 Å². The number of fused-ring (bicyclic) bond motifs is 1. The van der Waals surface area contributed by atoms with E-state index in [1.807, 2.05) is 37.7 Å². The van der Waals surface area contributed by atoms with Gasteiger partial charge in [0.25, 0.3) is 0 Å². The molecule has 14 heteroatoms. The number of hydrogen-bond donors (Lipinski definition) is 2. The molecule has 2 aromatic rings. The molecule has 2 N–H and O–H groups in total. The standard InChI is InChI=1S/C29H40F2N8O4/c1-7-25(40)33-21-14-22(24(43-27(30)31)15-23(21)37(6)11-10-36(4)5)34-28-32-16-19-17-38(18(2)3)29(41)39(26(19)35-28)20-8-12-42-13-9-20/h7,14-16,18,20,27H,1,8-13,17H2,2-6H3,(H,33,40)(H,32,34,35). The number of benzene rings is 1. The largest absolute Gasteiger partial charge is 0.433 e. The third-order valence-corrected chi connectivity index (χ3v) is 7.34. The van der Waals surface area contributed by atoms with Crippen molar-refractivity contribution in [3.8, 4) is 5.75 Å². The molecule has 1 aromatic carbocycles. The quantitative estimate of drug-likeness (QED) is 0.344. The van der Waals surface area contributed by atoms with Crippen LogP contribution in [-0.2, 0) is 16.1 Å². The monoisotopic (exact) mass is 602 g/mol. The minimum Gasteiger partial charge on any atom is -0.433 e. The summed E-state index contributed by atoms with van der Waals surface area (Å²) in [7, 11) is 5.63. The van der Waals surface area contributed by atoms with Crippen LogP contribution in [0.2, 0.25) is 0 Å². The molecule has 1 aromatic heterocycles. The van der Waals surface area contributed by atoms with E-state index in [2.05, 4.69) is 22.2 Å². The number of urea groups is 1. The number of aromatic nitrogens is 2. The molecule has 0 bridgehead atoms. The van der Waals surface area contributed by atoms with Gasteiger partial charge in [-0.05, 0) is 52.9 Å². The zero-order valence-corrected chi connectivity index (χ0v) is 25.3. The van der Waals surface area contributed by atoms with Gasteiger partial charge < -0.3 is 34.8 Å². The summed E-state index contributed by atoms with van der Waals surface area (Å²) in [6.45, 7) is 6.94. The van der Waals surface area contributed by atoms with Gasteiger partial charge >= 0.3 is 12.6 Å². The highest BCUT2D eigenvalue weighted by molar-refractivity contribution is 6.02. The second kappa shape index (κ2) is 14.0. The van der Waals surface area contributed by atoms with Crippen LogP contribution >= 0.6 is 0 Å². The fourth-order valence-corrected chi connectivity index (χ4v) is 4.99. The maximum atomic E-state index is 13.6. The van der Waals surface area contributed by atoms with Crippen molar-refractivity contribution in [2.24, 2.45) is 0 Å². The average molecular weight is 603 g/mol. The molecule has 0 saturated carbocycles. The van der Waals surface area contributed by atoms with Crippen LogP contribution in [0, 0.1) is 0 Å². The second-order valence-corrected chi connectivity index (χ2v) is 11.0. The smallest absolute Gasteiger partial charge is 0.387 e. The molecule has 43 heavy (non-hydrogen) atoms. The highest BCUT2D eigenvalue weighted by Gasteiger charge is 2.38. The molecule has 0 atom stereocenters. The van der Waals surface area contributed by atoms with E-state index in [1.54, 1.807) is 23.0 Å². The van der Waals surface area contributed by atoms with Crippen LogP contribution in [0.1, 0.15) is 32.3 Å². The summed E-state index contributed by atoms with van der Waals surface area (Å²) in [5, 5.41) is 5.74. The van der Waals surface area contributed by atoms with Crippen LogP contribution in [0.3, 0.4) is 0 Å². The van der Waals surface area contributed by atoms with Crippen molar-refractivity contribution in [1.29, 1.82) is 0 Å². The van der Waals surface area contributed by atoms with Crippen molar-refractivity contribution < 1.29 is 27.8 Å². The molecule has 0 radical (unpaired) electrons. The number of hydrogen-bond acceptors (Lipinski definition) is 9. The van der Waals surface area contributed by atoms with Gasteiger partial charge in [-0.25, -0.2) is 9.78 Å². The number of ether oxygens (including phenoxy) is 2. The van der Waals surface area contributed by atoms with E-state index in [4.69, 9.17) is 14.5 Å². The van der Waals surface area contributed by atoms with E-state index in [9.17, 15) is 18.4 Å². The van der Waals surface area contributed by atoms with Crippen molar-refractivity contribution in [1.82, 2.24) is 19.8 Å². The van der Waals surface area contributed by atoms with E-state index < -0.39 is 12.5 Å². The molecule has 0 unspecified atom stereocenters. The predicted molar refractivity (Wildman–Crippen MR) is 161 cm³/mol. The third kappa shape index (κ3) is 7.68. The number of rotatable bonds is 12. The maximum absolute atomic E-state index is 13.6. The van der Waals surface area contributed by atoms with Gasteiger partial charge in [0.15, 0.2) is 5.75 Å². The fourth-order valence-electron chi connectivity index (χ4n) is 4.99. The van der Waals surface area contributed by atoms with Crippen molar-refractivity contribution in [3.63, 3.8) is 0 Å². The fraction of sp³-hybridized carbons (Fsp3) is 0.517. The summed E-state index contributed by atoms with van der Waals surface area (Å²) in [4.78, 5) is 42.3. The molecule has 3 heterocycles. The summed E-state index contributed by atoms with van der Waals surface area (Å²) in [6, 6.07) is 2.62. The number of anilines is 5. The SMILES string of the molecule is C=CC(=O)Nc1cc(Nc2ncc3c(n2)N(C2CCOCC2)C(=O)N(C(C)C)C3)c(OC(F)F)cc1N(C)CCN(C)C. The number of amides is 3. The van der Waals surface area contributed by atoms with E-state index >= 15 is 0 Å². The molecule has 3 amide bonds. The third-order valence-electron chi connectivity index (χ3n) is 7.34. The van der Waals surface area contributed by atoms with Gasteiger partial charge in [-0.2, -0.15) is 13.8 Å². The lowest BCUT2D eigenvalue weighted by molar-refractivity contribution is -0.111. The Morgan fingerprint density at radius 2 is 1.93 bits per heavy atom. The Morgan fingerprint density at radius 3 is 2.56 bits per heavy atom. The van der Waals surface area contributed by atoms with Crippen LogP contribution in [0.4, 0.5) is 42.4 Å². The highest BCUT2D eigenvalue weighted by Crippen LogP contribution is 2.40. The minimum absolute atomic E-state index is 0.0339. The number of alkyl halides is 2. The molecule has 1 saturated heterocycles. The van der Waals surface area contributed by atoms with Gasteiger partial charge in [-0.1, -0.05) is 6.58 Å². The van der Waals surface area contributed by atoms with E-state index in [1.165, 1.54) is 12.1 Å². The highest BCUT2D eigenvalue weighted by atomic mass is 19.3. The summed E-state index contributed by atoms with van der Waals surface area (Å²) in [6.07, 6.45) is 4.07. The van der Waals surface area contributed by atoms with E-state index in [0.29, 0.717) is 62.9 Å².